The Bertz CT molecular complexity index is 75.3. The summed E-state index contributed by atoms with van der Waals surface area (Å²) in [4.78, 5) is 17.8. The molecule has 4 nitrogen and oxygen atoms in total. The van der Waals surface area contributed by atoms with E-state index in [-0.39, 0.29) is 46.5 Å². The first-order chi connectivity index (χ1) is 3.46. The van der Waals surface area contributed by atoms with E-state index in [1.54, 1.807) is 0 Å². The molecule has 0 heterocycles. The summed E-state index contributed by atoms with van der Waals surface area (Å²) in [5, 5.41) is 17.8. The molecule has 6 heteroatoms. The van der Waals surface area contributed by atoms with Crippen LogP contribution in [-0.4, -0.2) is 11.9 Å². The number of carboxylic acid groups (broad SMARTS) is 2. The van der Waals surface area contributed by atoms with Gasteiger partial charge >= 0.3 is 46.5 Å². The van der Waals surface area contributed by atoms with Gasteiger partial charge in [0.2, 0.25) is 0 Å². The Balaban J connectivity index is -0.0000000300. The Morgan fingerprint density at radius 3 is 1.00 bits per heavy atom. The van der Waals surface area contributed by atoms with E-state index in [2.05, 4.69) is 0 Å². The molecule has 0 amide bonds. The maximum atomic E-state index is 8.89. The molecule has 0 fully saturated rings. The SMILES string of the molecule is CC(=O)[O-].CC(=O)[O-].[Hg+].[Li+]. The van der Waals surface area contributed by atoms with Gasteiger partial charge in [0.15, 0.2) is 0 Å². The van der Waals surface area contributed by atoms with Crippen molar-refractivity contribution < 1.29 is 66.3 Å². The summed E-state index contributed by atoms with van der Waals surface area (Å²) in [6.45, 7) is 1.94. The molecular weight excluding hydrogens is 320 g/mol. The normalized spacial score (nSPS) is 5.00. The minimum Gasteiger partial charge on any atom is -0.550 e. The number of hydrogen-bond donors (Lipinski definition) is 0. The standard InChI is InChI=1S/2C2H4O2.Hg.Li/c2*1-2(3)4;;/h2*1H3,(H,3,4);;/q;;2*+1/p-2. The quantitative estimate of drug-likeness (QED) is 0.416. The van der Waals surface area contributed by atoms with Gasteiger partial charge in [0, 0.05) is 11.9 Å². The number of hydrogen-bond acceptors (Lipinski definition) is 4. The Kier molecular flexibility index (Phi) is 36.4. The molecule has 0 aliphatic rings. The monoisotopic (exact) mass is 327 g/mol. The minimum absolute atomic E-state index is 0. The Hall–Kier alpha value is 0.472. The van der Waals surface area contributed by atoms with Crippen LogP contribution < -0.4 is 29.1 Å². The van der Waals surface area contributed by atoms with Crippen molar-refractivity contribution in [1.29, 1.82) is 0 Å². The van der Waals surface area contributed by atoms with Gasteiger partial charge in [-0.25, -0.2) is 0 Å². The third-order valence-electron chi connectivity index (χ3n) is 0. The van der Waals surface area contributed by atoms with Gasteiger partial charge in [0.25, 0.3) is 0 Å². The third-order valence-corrected chi connectivity index (χ3v) is 0. The number of carbonyl (C=O) groups is 2. The molecule has 0 atom stereocenters. The third kappa shape index (κ3) is 2120. The van der Waals surface area contributed by atoms with Crippen molar-refractivity contribution in [1.82, 2.24) is 0 Å². The van der Waals surface area contributed by atoms with Gasteiger partial charge in [0.05, 0.1) is 0 Å². The van der Waals surface area contributed by atoms with Gasteiger partial charge in [-0.1, -0.05) is 0 Å². The van der Waals surface area contributed by atoms with Gasteiger partial charge in [0.1, 0.15) is 0 Å². The van der Waals surface area contributed by atoms with Crippen LogP contribution in [0.25, 0.3) is 0 Å². The van der Waals surface area contributed by atoms with Crippen molar-refractivity contribution in [3.05, 3.63) is 0 Å². The van der Waals surface area contributed by atoms with Gasteiger partial charge < -0.3 is 19.8 Å². The zero-order chi connectivity index (χ0) is 7.15. The summed E-state index contributed by atoms with van der Waals surface area (Å²) >= 11 is 0. The predicted molar refractivity (Wildman–Crippen MR) is 21.4 cm³/mol. The summed E-state index contributed by atoms with van der Waals surface area (Å²) in [6.07, 6.45) is 0. The fourth-order valence-corrected chi connectivity index (χ4v) is 0. The van der Waals surface area contributed by atoms with Crippen LogP contribution in [0.4, 0.5) is 0 Å². The van der Waals surface area contributed by atoms with Crippen LogP contribution in [-0.2, 0) is 37.3 Å². The molecule has 0 N–H and O–H groups in total. The minimum atomic E-state index is -1.08. The van der Waals surface area contributed by atoms with Gasteiger partial charge in [-0.05, 0) is 13.8 Å². The summed E-state index contributed by atoms with van der Waals surface area (Å²) in [5.41, 5.74) is 0. The van der Waals surface area contributed by atoms with E-state index in [9.17, 15) is 0 Å². The van der Waals surface area contributed by atoms with Crippen molar-refractivity contribution in [2.24, 2.45) is 0 Å². The number of rotatable bonds is 0. The molecule has 0 rings (SSSR count). The molecule has 0 saturated carbocycles. The van der Waals surface area contributed by atoms with Crippen LogP contribution in [0.2, 0.25) is 0 Å². The summed E-state index contributed by atoms with van der Waals surface area (Å²) < 4.78 is 0. The first-order valence-corrected chi connectivity index (χ1v) is 1.82. The van der Waals surface area contributed by atoms with Crippen LogP contribution in [0.1, 0.15) is 13.8 Å². The van der Waals surface area contributed by atoms with E-state index in [0.29, 0.717) is 0 Å². The zero-order valence-corrected chi connectivity index (χ0v) is 11.8. The summed E-state index contributed by atoms with van der Waals surface area (Å²) in [7, 11) is 0. The average Bonchev–Trinajstić information content (AvgIpc) is 1.25. The van der Waals surface area contributed by atoms with Gasteiger partial charge in [-0.15, -0.1) is 0 Å². The smallest absolute Gasteiger partial charge is 0.550 e. The number of carboxylic acids is 2. The van der Waals surface area contributed by atoms with Crippen molar-refractivity contribution in [2.75, 3.05) is 0 Å². The van der Waals surface area contributed by atoms with Crippen LogP contribution in [0.3, 0.4) is 0 Å². The van der Waals surface area contributed by atoms with E-state index in [0.717, 1.165) is 13.8 Å². The second-order valence-electron chi connectivity index (χ2n) is 0.983. The fraction of sp³-hybridized carbons (Fsp3) is 0.500. The molecule has 0 saturated heterocycles. The predicted octanol–water partition coefficient (Wildman–Crippen LogP) is -5.49. The molecule has 0 unspecified atom stereocenters. The van der Waals surface area contributed by atoms with Crippen LogP contribution in [0.5, 0.6) is 0 Å². The van der Waals surface area contributed by atoms with Crippen LogP contribution >= 0.6 is 0 Å². The second kappa shape index (κ2) is 16.2. The van der Waals surface area contributed by atoms with E-state index in [4.69, 9.17) is 19.8 Å². The maximum absolute atomic E-state index is 8.89. The van der Waals surface area contributed by atoms with Crippen molar-refractivity contribution in [3.8, 4) is 0 Å². The van der Waals surface area contributed by atoms with E-state index in [1.807, 2.05) is 0 Å². The van der Waals surface area contributed by atoms with E-state index >= 15 is 0 Å². The molecule has 0 spiro atoms. The van der Waals surface area contributed by atoms with Crippen LogP contribution in [0.15, 0.2) is 0 Å². The molecule has 10 heavy (non-hydrogen) atoms. The van der Waals surface area contributed by atoms with Crippen molar-refractivity contribution in [2.45, 2.75) is 13.8 Å². The summed E-state index contributed by atoms with van der Waals surface area (Å²) in [6, 6.07) is 0. The zero-order valence-electron chi connectivity index (χ0n) is 6.34. The molecule has 0 aliphatic heterocycles. The van der Waals surface area contributed by atoms with E-state index < -0.39 is 11.9 Å². The molecule has 0 bridgehead atoms. The van der Waals surface area contributed by atoms with Crippen molar-refractivity contribution >= 4 is 11.9 Å². The maximum Gasteiger partial charge on any atom is 1.00 e. The summed E-state index contributed by atoms with van der Waals surface area (Å²) in [5.74, 6) is -2.17. The Labute approximate surface area is 91.7 Å². The van der Waals surface area contributed by atoms with E-state index in [1.165, 1.54) is 0 Å². The second-order valence-corrected chi connectivity index (χ2v) is 0.983. The Morgan fingerprint density at radius 1 is 1.00 bits per heavy atom. The van der Waals surface area contributed by atoms with Gasteiger partial charge in [-0.2, -0.15) is 0 Å². The molecule has 0 aromatic heterocycles. The van der Waals surface area contributed by atoms with Crippen LogP contribution in [0, 0.1) is 0 Å². The fourth-order valence-electron chi connectivity index (χ4n) is 0. The van der Waals surface area contributed by atoms with Gasteiger partial charge in [-0.3, -0.25) is 0 Å². The molecule has 49 valence electrons. The average molecular weight is 326 g/mol. The molecule has 0 aliphatic carbocycles. The topological polar surface area (TPSA) is 80.3 Å². The molecule has 1 radical (unpaired) electrons. The Morgan fingerprint density at radius 2 is 1.00 bits per heavy atom. The number of aliphatic carboxylic acids is 2. The first kappa shape index (κ1) is 22.4. The largest absolute Gasteiger partial charge is 1.00 e. The number of carbonyl (C=O) groups excluding carboxylic acids is 2. The molecule has 0 aromatic rings. The molecule has 0 aromatic carbocycles. The molecular formula is C4H6HgLiO4. The van der Waals surface area contributed by atoms with Crippen molar-refractivity contribution in [3.63, 3.8) is 0 Å². The first-order valence-electron chi connectivity index (χ1n) is 1.82.